The average Bonchev–Trinajstić information content (AvgIpc) is 2.67. The number of hydrogen-bond donors (Lipinski definition) is 1. The van der Waals surface area contributed by atoms with Crippen LogP contribution in [0.2, 0.25) is 0 Å². The molecule has 0 aromatic carbocycles. The van der Waals surface area contributed by atoms with E-state index in [0.717, 1.165) is 31.6 Å². The summed E-state index contributed by atoms with van der Waals surface area (Å²) in [5.41, 5.74) is 7.52. The number of nitrogens with two attached hydrogens (primary N) is 1. The molecular formula is C14H27N3O. The van der Waals surface area contributed by atoms with Crippen LogP contribution in [0.15, 0.2) is 6.20 Å². The highest BCUT2D eigenvalue weighted by molar-refractivity contribution is 5.25. The Balaban J connectivity index is 2.73. The fourth-order valence-electron chi connectivity index (χ4n) is 1.95. The van der Waals surface area contributed by atoms with Crippen LogP contribution in [-0.4, -0.2) is 22.9 Å². The van der Waals surface area contributed by atoms with E-state index in [1.807, 2.05) is 4.68 Å². The first-order chi connectivity index (χ1) is 8.40. The van der Waals surface area contributed by atoms with Crippen LogP contribution >= 0.6 is 0 Å². The third-order valence-corrected chi connectivity index (χ3v) is 3.37. The second-order valence-electron chi connectivity index (χ2n) is 5.89. The van der Waals surface area contributed by atoms with Gasteiger partial charge in [0.25, 0.3) is 0 Å². The molecule has 18 heavy (non-hydrogen) atoms. The second kappa shape index (κ2) is 6.23. The van der Waals surface area contributed by atoms with Crippen LogP contribution < -0.4 is 10.5 Å². The van der Waals surface area contributed by atoms with Crippen LogP contribution in [0.1, 0.15) is 46.2 Å². The normalized spacial score (nSPS) is 13.7. The predicted molar refractivity (Wildman–Crippen MR) is 74.8 cm³/mol. The van der Waals surface area contributed by atoms with Gasteiger partial charge in [-0.2, -0.15) is 5.10 Å². The van der Waals surface area contributed by atoms with E-state index in [0.29, 0.717) is 0 Å². The number of ether oxygens (including phenoxy) is 1. The fourth-order valence-corrected chi connectivity index (χ4v) is 1.95. The molecule has 0 spiro atoms. The minimum atomic E-state index is 0.142. The Morgan fingerprint density at radius 1 is 1.44 bits per heavy atom. The van der Waals surface area contributed by atoms with Crippen molar-refractivity contribution < 1.29 is 4.74 Å². The van der Waals surface area contributed by atoms with Crippen molar-refractivity contribution in [1.82, 2.24) is 9.78 Å². The first kappa shape index (κ1) is 15.0. The summed E-state index contributed by atoms with van der Waals surface area (Å²) >= 11 is 0. The topological polar surface area (TPSA) is 53.1 Å². The molecule has 2 N–H and O–H groups in total. The molecule has 0 aliphatic heterocycles. The summed E-state index contributed by atoms with van der Waals surface area (Å²) in [6, 6.07) is 0.187. The molecule has 1 atom stereocenters. The van der Waals surface area contributed by atoms with Crippen molar-refractivity contribution in [3.63, 3.8) is 0 Å². The van der Waals surface area contributed by atoms with Crippen molar-refractivity contribution in [1.29, 1.82) is 0 Å². The molecule has 104 valence electrons. The molecule has 0 bridgehead atoms. The van der Waals surface area contributed by atoms with Crippen LogP contribution in [0.3, 0.4) is 0 Å². The summed E-state index contributed by atoms with van der Waals surface area (Å²) in [6.07, 6.45) is 4.74. The largest absolute Gasteiger partial charge is 0.493 e. The number of aromatic nitrogens is 2. The Bertz CT molecular complexity index is 366. The molecule has 1 aromatic heterocycles. The molecule has 0 fully saturated rings. The Labute approximate surface area is 111 Å². The summed E-state index contributed by atoms with van der Waals surface area (Å²) in [5, 5.41) is 4.37. The zero-order valence-corrected chi connectivity index (χ0v) is 12.4. The van der Waals surface area contributed by atoms with E-state index in [1.54, 1.807) is 13.3 Å². The number of hydrogen-bond acceptors (Lipinski definition) is 3. The maximum absolute atomic E-state index is 6.21. The zero-order valence-electron chi connectivity index (χ0n) is 12.4. The molecule has 1 aromatic rings. The van der Waals surface area contributed by atoms with Gasteiger partial charge in [-0.3, -0.25) is 4.68 Å². The van der Waals surface area contributed by atoms with Gasteiger partial charge in [0.05, 0.1) is 19.0 Å². The van der Waals surface area contributed by atoms with Crippen LogP contribution in [0.5, 0.6) is 5.75 Å². The standard InChI is InChI=1S/C14H27N3O/c1-6-9-17-11(12(18-5)10-16-17)7-8-13(15)14(2,3)4/h10,13H,6-9,15H2,1-5H3. The van der Waals surface area contributed by atoms with E-state index in [-0.39, 0.29) is 11.5 Å². The Hall–Kier alpha value is -1.03. The van der Waals surface area contributed by atoms with Crippen LogP contribution in [0.25, 0.3) is 0 Å². The highest BCUT2D eigenvalue weighted by atomic mass is 16.5. The van der Waals surface area contributed by atoms with E-state index >= 15 is 0 Å². The smallest absolute Gasteiger partial charge is 0.159 e. The van der Waals surface area contributed by atoms with Crippen LogP contribution in [0.4, 0.5) is 0 Å². The van der Waals surface area contributed by atoms with Crippen molar-refractivity contribution in [3.05, 3.63) is 11.9 Å². The van der Waals surface area contributed by atoms with Crippen molar-refractivity contribution >= 4 is 0 Å². The molecular weight excluding hydrogens is 226 g/mol. The van der Waals surface area contributed by atoms with Crippen molar-refractivity contribution in [2.75, 3.05) is 7.11 Å². The maximum Gasteiger partial charge on any atom is 0.159 e. The van der Waals surface area contributed by atoms with Gasteiger partial charge in [0, 0.05) is 12.6 Å². The molecule has 1 unspecified atom stereocenters. The first-order valence-electron chi connectivity index (χ1n) is 6.74. The lowest BCUT2D eigenvalue weighted by Gasteiger charge is -2.27. The highest BCUT2D eigenvalue weighted by Crippen LogP contribution is 2.24. The number of methoxy groups -OCH3 is 1. The molecule has 1 heterocycles. The van der Waals surface area contributed by atoms with E-state index < -0.39 is 0 Å². The summed E-state index contributed by atoms with van der Waals surface area (Å²) in [5.74, 6) is 0.879. The summed E-state index contributed by atoms with van der Waals surface area (Å²) in [7, 11) is 1.69. The fraction of sp³-hybridized carbons (Fsp3) is 0.786. The molecule has 0 amide bonds. The van der Waals surface area contributed by atoms with Crippen molar-refractivity contribution in [3.8, 4) is 5.75 Å². The van der Waals surface area contributed by atoms with E-state index in [2.05, 4.69) is 32.8 Å². The summed E-state index contributed by atoms with van der Waals surface area (Å²) in [6.45, 7) is 9.62. The lowest BCUT2D eigenvalue weighted by Crippen LogP contribution is -2.35. The number of nitrogens with zero attached hydrogens (tertiary/aromatic N) is 2. The second-order valence-corrected chi connectivity index (χ2v) is 5.89. The molecule has 0 aliphatic rings. The zero-order chi connectivity index (χ0) is 13.8. The molecule has 4 heteroatoms. The summed E-state index contributed by atoms with van der Waals surface area (Å²) in [4.78, 5) is 0. The third kappa shape index (κ3) is 3.73. The third-order valence-electron chi connectivity index (χ3n) is 3.37. The molecule has 0 saturated carbocycles. The van der Waals surface area contributed by atoms with E-state index in [9.17, 15) is 0 Å². The predicted octanol–water partition coefficient (Wildman–Crippen LogP) is 2.61. The first-order valence-corrected chi connectivity index (χ1v) is 6.74. The lowest BCUT2D eigenvalue weighted by molar-refractivity contribution is 0.302. The Morgan fingerprint density at radius 2 is 2.11 bits per heavy atom. The van der Waals surface area contributed by atoms with Gasteiger partial charge >= 0.3 is 0 Å². The average molecular weight is 253 g/mol. The molecule has 0 aliphatic carbocycles. The Kier molecular flexibility index (Phi) is 5.20. The van der Waals surface area contributed by atoms with Gasteiger partial charge in [0.15, 0.2) is 5.75 Å². The van der Waals surface area contributed by atoms with Crippen LogP contribution in [-0.2, 0) is 13.0 Å². The summed E-state index contributed by atoms with van der Waals surface area (Å²) < 4.78 is 7.40. The molecule has 0 saturated heterocycles. The van der Waals surface area contributed by atoms with Gasteiger partial charge in [-0.15, -0.1) is 0 Å². The van der Waals surface area contributed by atoms with Gasteiger partial charge in [-0.1, -0.05) is 27.7 Å². The van der Waals surface area contributed by atoms with Crippen LogP contribution in [0, 0.1) is 5.41 Å². The van der Waals surface area contributed by atoms with Gasteiger partial charge in [-0.25, -0.2) is 0 Å². The van der Waals surface area contributed by atoms with Gasteiger partial charge in [-0.05, 0) is 24.7 Å². The SMILES string of the molecule is CCCn1ncc(OC)c1CCC(N)C(C)(C)C. The lowest BCUT2D eigenvalue weighted by atomic mass is 9.84. The number of rotatable bonds is 6. The quantitative estimate of drug-likeness (QED) is 0.848. The van der Waals surface area contributed by atoms with Crippen molar-refractivity contribution in [2.45, 2.75) is 59.5 Å². The molecule has 0 radical (unpaired) electrons. The minimum absolute atomic E-state index is 0.142. The van der Waals surface area contributed by atoms with Gasteiger partial charge in [0.1, 0.15) is 0 Å². The van der Waals surface area contributed by atoms with Crippen molar-refractivity contribution in [2.24, 2.45) is 11.1 Å². The minimum Gasteiger partial charge on any atom is -0.493 e. The maximum atomic E-state index is 6.21. The molecule has 1 rings (SSSR count). The van der Waals surface area contributed by atoms with E-state index in [1.165, 1.54) is 5.69 Å². The molecule has 4 nitrogen and oxygen atoms in total. The highest BCUT2D eigenvalue weighted by Gasteiger charge is 2.21. The monoisotopic (exact) mass is 253 g/mol. The van der Waals surface area contributed by atoms with Gasteiger partial charge < -0.3 is 10.5 Å². The number of aryl methyl sites for hydroxylation is 1. The van der Waals surface area contributed by atoms with Gasteiger partial charge in [0.2, 0.25) is 0 Å². The van der Waals surface area contributed by atoms with E-state index in [4.69, 9.17) is 10.5 Å². The Morgan fingerprint density at radius 3 is 2.61 bits per heavy atom.